The number of ether oxygens (including phenoxy) is 2. The Hall–Kier alpha value is -0.900. The van der Waals surface area contributed by atoms with Crippen molar-refractivity contribution in [1.29, 1.82) is 0 Å². The Morgan fingerprint density at radius 2 is 0.940 bits per heavy atom. The molecule has 0 aromatic heterocycles. The molecule has 0 spiro atoms. The Morgan fingerprint density at radius 1 is 0.552 bits per heavy atom. The zero-order chi connectivity index (χ0) is 49.6. The van der Waals surface area contributed by atoms with Crippen molar-refractivity contribution in [1.82, 2.24) is 5.32 Å². The maximum atomic E-state index is 13.5. The van der Waals surface area contributed by atoms with E-state index in [1.165, 1.54) is 109 Å². The molecular formula is C48H94NO17P. The second-order valence-electron chi connectivity index (χ2n) is 19.2. The first kappa shape index (κ1) is 62.2. The summed E-state index contributed by atoms with van der Waals surface area (Å²) < 4.78 is 34.8. The molecule has 1 aliphatic heterocycles. The summed E-state index contributed by atoms with van der Waals surface area (Å²) in [5, 5.41) is 108. The molecule has 2 aliphatic rings. The lowest BCUT2D eigenvalue weighted by molar-refractivity contribution is -0.338. The largest absolute Gasteiger partial charge is 0.472 e. The van der Waals surface area contributed by atoms with Crippen molar-refractivity contribution in [2.75, 3.05) is 13.2 Å². The third-order valence-corrected chi connectivity index (χ3v) is 14.4. The first-order valence-electron chi connectivity index (χ1n) is 26.1. The number of aliphatic hydroxyl groups excluding tert-OH is 10. The third kappa shape index (κ3) is 24.4. The number of carbonyl (C=O) groups excluding carboxylic acids is 1. The molecule has 0 bridgehead atoms. The second kappa shape index (κ2) is 36.1. The summed E-state index contributed by atoms with van der Waals surface area (Å²) in [6.45, 7) is 2.77. The van der Waals surface area contributed by atoms with Gasteiger partial charge in [-0.15, -0.1) is 0 Å². The van der Waals surface area contributed by atoms with Crippen LogP contribution in [0.5, 0.6) is 0 Å². The van der Waals surface area contributed by atoms with Gasteiger partial charge < -0.3 is 70.7 Å². The number of nitrogens with one attached hydrogen (secondary N) is 1. The van der Waals surface area contributed by atoms with Gasteiger partial charge in [-0.3, -0.25) is 13.8 Å². The molecule has 12 N–H and O–H groups in total. The average molecular weight is 988 g/mol. The molecule has 15 atom stereocenters. The topological polar surface area (TPSA) is 306 Å². The fourth-order valence-electron chi connectivity index (χ4n) is 8.92. The number of hydrogen-bond donors (Lipinski definition) is 12. The lowest BCUT2D eigenvalue weighted by atomic mass is 9.84. The van der Waals surface area contributed by atoms with Crippen LogP contribution in [-0.2, 0) is 27.9 Å². The summed E-state index contributed by atoms with van der Waals surface area (Å²) in [4.78, 5) is 24.1. The van der Waals surface area contributed by atoms with Crippen LogP contribution in [0.15, 0.2) is 0 Å². The molecule has 0 radical (unpaired) electrons. The molecule has 1 saturated heterocycles. The number of unbranched alkanes of at least 4 members (excludes halogenated alkanes) is 25. The highest BCUT2D eigenvalue weighted by molar-refractivity contribution is 7.47. The Balaban J connectivity index is 1.99. The number of rotatable bonds is 40. The van der Waals surface area contributed by atoms with Crippen LogP contribution in [0.4, 0.5) is 0 Å². The summed E-state index contributed by atoms with van der Waals surface area (Å²) in [5.41, 5.74) is 0. The van der Waals surface area contributed by atoms with Crippen LogP contribution in [0.1, 0.15) is 200 Å². The van der Waals surface area contributed by atoms with Crippen molar-refractivity contribution >= 4 is 13.7 Å². The van der Waals surface area contributed by atoms with E-state index in [0.29, 0.717) is 12.8 Å². The summed E-state index contributed by atoms with van der Waals surface area (Å²) in [6.07, 6.45) is 6.23. The molecule has 67 heavy (non-hydrogen) atoms. The third-order valence-electron chi connectivity index (χ3n) is 13.4. The van der Waals surface area contributed by atoms with Crippen molar-refractivity contribution in [2.45, 2.75) is 286 Å². The van der Waals surface area contributed by atoms with Gasteiger partial charge in [0.25, 0.3) is 0 Å². The van der Waals surface area contributed by atoms with Gasteiger partial charge in [0.15, 0.2) is 6.29 Å². The summed E-state index contributed by atoms with van der Waals surface area (Å²) in [5.74, 6) is -0.808. The molecule has 2 rings (SSSR count). The second-order valence-corrected chi connectivity index (χ2v) is 20.6. The molecule has 8 unspecified atom stereocenters. The van der Waals surface area contributed by atoms with Crippen LogP contribution in [0, 0.1) is 0 Å². The van der Waals surface area contributed by atoms with E-state index >= 15 is 0 Å². The standard InChI is InChI=1S/C48H94NO17P/c1-3-5-7-9-11-13-15-17-18-19-21-22-24-26-28-30-35(51)34(49-47(60)36(52)31-29-27-25-23-20-16-14-12-10-8-6-4-2)33-63-67(61,62)66-46-43(58)41(56)40(55)42(57)45(46)65-48-44(59)39(54)38(53)37(32-50)64-48/h34-46,48,50-59H,3-33H2,1-2H3,(H,49,60)(H,61,62)/t34-,35+,36?,37+,38+,39?,40?,41?,42+,43?,44?,45?,46-,48+/m0/s1. The van der Waals surface area contributed by atoms with Gasteiger partial charge >= 0.3 is 7.82 Å². The number of phosphoric acid groups is 1. The first-order chi connectivity index (χ1) is 32.1. The maximum Gasteiger partial charge on any atom is 0.472 e. The van der Waals surface area contributed by atoms with Gasteiger partial charge in [-0.05, 0) is 12.8 Å². The van der Waals surface area contributed by atoms with Crippen LogP contribution in [-0.4, -0.2) is 161 Å². The number of amides is 1. The molecule has 2 fully saturated rings. The number of carbonyl (C=O) groups is 1. The molecule has 1 amide bonds. The van der Waals surface area contributed by atoms with Gasteiger partial charge in [-0.25, -0.2) is 4.57 Å². The summed E-state index contributed by atoms with van der Waals surface area (Å²) >= 11 is 0. The van der Waals surface area contributed by atoms with E-state index in [-0.39, 0.29) is 12.8 Å². The van der Waals surface area contributed by atoms with Gasteiger partial charge in [0, 0.05) is 0 Å². The quantitative estimate of drug-likeness (QED) is 0.0293. The lowest BCUT2D eigenvalue weighted by Crippen LogP contribution is -2.67. The predicted molar refractivity (Wildman–Crippen MR) is 253 cm³/mol. The lowest BCUT2D eigenvalue weighted by Gasteiger charge is -2.47. The van der Waals surface area contributed by atoms with E-state index in [1.807, 2.05) is 0 Å². The summed E-state index contributed by atoms with van der Waals surface area (Å²) in [7, 11) is -5.38. The van der Waals surface area contributed by atoms with E-state index in [4.69, 9.17) is 18.5 Å². The monoisotopic (exact) mass is 988 g/mol. The van der Waals surface area contributed by atoms with Gasteiger partial charge in [-0.1, -0.05) is 187 Å². The molecule has 0 aromatic rings. The van der Waals surface area contributed by atoms with Gasteiger partial charge in [0.1, 0.15) is 67.1 Å². The van der Waals surface area contributed by atoms with E-state index in [1.54, 1.807) is 0 Å². The Morgan fingerprint density at radius 3 is 1.37 bits per heavy atom. The fourth-order valence-corrected chi connectivity index (χ4v) is 9.88. The number of phosphoric ester groups is 1. The SMILES string of the molecule is CCCCCCCCCCCCCCCCC[C@@H](O)[C@H](COP(=O)(O)O[C@H]1C(O)C(O)C(O)[C@@H](O)C1O[C@H]1O[C@H](CO)[C@@H](O)C(O)C1O)NC(=O)C(O)CCCCCCCCCCCCCC. The number of aliphatic hydroxyl groups is 10. The minimum Gasteiger partial charge on any atom is -0.394 e. The molecule has 398 valence electrons. The van der Waals surface area contributed by atoms with Crippen molar-refractivity contribution < 1.29 is 83.8 Å². The highest BCUT2D eigenvalue weighted by atomic mass is 31.2. The minimum atomic E-state index is -5.38. The fraction of sp³-hybridized carbons (Fsp3) is 0.979. The Labute approximate surface area is 400 Å². The molecule has 19 heteroatoms. The van der Waals surface area contributed by atoms with Crippen LogP contribution >= 0.6 is 7.82 Å². The van der Waals surface area contributed by atoms with E-state index in [9.17, 15) is 65.3 Å². The van der Waals surface area contributed by atoms with Crippen LogP contribution in [0.2, 0.25) is 0 Å². The van der Waals surface area contributed by atoms with Crippen LogP contribution in [0.3, 0.4) is 0 Å². The highest BCUT2D eigenvalue weighted by Crippen LogP contribution is 2.48. The van der Waals surface area contributed by atoms with E-state index in [2.05, 4.69) is 19.2 Å². The molecular weight excluding hydrogens is 893 g/mol. The highest BCUT2D eigenvalue weighted by Gasteiger charge is 2.55. The minimum absolute atomic E-state index is 0.166. The zero-order valence-corrected chi connectivity index (χ0v) is 41.7. The molecule has 1 heterocycles. The smallest absolute Gasteiger partial charge is 0.394 e. The van der Waals surface area contributed by atoms with Crippen molar-refractivity contribution in [3.8, 4) is 0 Å². The van der Waals surface area contributed by atoms with E-state index < -0.39 is 113 Å². The van der Waals surface area contributed by atoms with Crippen LogP contribution in [0.25, 0.3) is 0 Å². The Kier molecular flexibility index (Phi) is 33.5. The van der Waals surface area contributed by atoms with Gasteiger partial charge in [-0.2, -0.15) is 0 Å². The van der Waals surface area contributed by atoms with Crippen LogP contribution < -0.4 is 5.32 Å². The molecule has 1 aliphatic carbocycles. The van der Waals surface area contributed by atoms with E-state index in [0.717, 1.165) is 51.4 Å². The molecule has 18 nitrogen and oxygen atoms in total. The van der Waals surface area contributed by atoms with Crippen molar-refractivity contribution in [3.63, 3.8) is 0 Å². The van der Waals surface area contributed by atoms with Crippen molar-refractivity contribution in [2.24, 2.45) is 0 Å². The predicted octanol–water partition coefficient (Wildman–Crippen LogP) is 4.69. The molecule has 0 aromatic carbocycles. The first-order valence-corrected chi connectivity index (χ1v) is 27.6. The zero-order valence-electron chi connectivity index (χ0n) is 40.8. The molecule has 1 saturated carbocycles. The van der Waals surface area contributed by atoms with Gasteiger partial charge in [0.05, 0.1) is 25.4 Å². The maximum absolute atomic E-state index is 13.5. The Bertz CT molecular complexity index is 1290. The number of hydrogen-bond acceptors (Lipinski definition) is 16. The average Bonchev–Trinajstić information content (AvgIpc) is 3.31. The normalized spacial score (nSPS) is 29.1. The summed E-state index contributed by atoms with van der Waals surface area (Å²) in [6, 6.07) is -1.31. The van der Waals surface area contributed by atoms with Crippen molar-refractivity contribution in [3.05, 3.63) is 0 Å². The van der Waals surface area contributed by atoms with Gasteiger partial charge in [0.2, 0.25) is 5.91 Å².